The number of nitrogens with zero attached hydrogens (tertiary/aromatic N) is 3. The standard InChI is InChI=1S/C20H26N4O2/c1-4-23-10-12-24(13-11-23)16-7-8-18(15(2)14-16)22-19(25)17-6-5-9-21-20(17)26-3/h5-9,14H,4,10-13H2,1-3H3,(H,22,25). The maximum Gasteiger partial charge on any atom is 0.261 e. The first-order chi connectivity index (χ1) is 12.6. The molecule has 1 aliphatic heterocycles. The van der Waals surface area contributed by atoms with E-state index in [0.29, 0.717) is 11.4 Å². The number of carbonyl (C=O) groups is 1. The van der Waals surface area contributed by atoms with E-state index < -0.39 is 0 Å². The van der Waals surface area contributed by atoms with Gasteiger partial charge in [-0.15, -0.1) is 0 Å². The number of nitrogens with one attached hydrogen (secondary N) is 1. The molecule has 0 spiro atoms. The van der Waals surface area contributed by atoms with Crippen molar-refractivity contribution in [1.29, 1.82) is 0 Å². The molecule has 0 atom stereocenters. The number of amides is 1. The normalized spacial score (nSPS) is 15.0. The van der Waals surface area contributed by atoms with Crippen LogP contribution in [-0.4, -0.2) is 55.6 Å². The third-order valence-electron chi connectivity index (χ3n) is 4.85. The predicted molar refractivity (Wildman–Crippen MR) is 104 cm³/mol. The van der Waals surface area contributed by atoms with Gasteiger partial charge in [-0.3, -0.25) is 4.79 Å². The van der Waals surface area contributed by atoms with Gasteiger partial charge in [0.15, 0.2) is 0 Å². The number of aryl methyl sites for hydroxylation is 1. The van der Waals surface area contributed by atoms with E-state index in [0.717, 1.165) is 44.0 Å². The zero-order valence-electron chi connectivity index (χ0n) is 15.7. The van der Waals surface area contributed by atoms with Crippen molar-refractivity contribution in [3.05, 3.63) is 47.7 Å². The molecule has 0 bridgehead atoms. The second kappa shape index (κ2) is 8.19. The van der Waals surface area contributed by atoms with Crippen LogP contribution in [0.5, 0.6) is 5.88 Å². The fraction of sp³-hybridized carbons (Fsp3) is 0.400. The molecule has 0 aliphatic carbocycles. The largest absolute Gasteiger partial charge is 0.480 e. The summed E-state index contributed by atoms with van der Waals surface area (Å²) in [5.74, 6) is 0.107. The lowest BCUT2D eigenvalue weighted by Gasteiger charge is -2.35. The Kier molecular flexibility index (Phi) is 5.73. The molecule has 2 heterocycles. The monoisotopic (exact) mass is 354 g/mol. The van der Waals surface area contributed by atoms with E-state index in [9.17, 15) is 4.79 Å². The number of methoxy groups -OCH3 is 1. The van der Waals surface area contributed by atoms with E-state index in [2.05, 4.69) is 39.2 Å². The lowest BCUT2D eigenvalue weighted by Crippen LogP contribution is -2.46. The van der Waals surface area contributed by atoms with E-state index in [-0.39, 0.29) is 5.91 Å². The fourth-order valence-electron chi connectivity index (χ4n) is 3.22. The van der Waals surface area contributed by atoms with Gasteiger partial charge in [0.25, 0.3) is 5.91 Å². The summed E-state index contributed by atoms with van der Waals surface area (Å²) in [6.07, 6.45) is 1.61. The van der Waals surface area contributed by atoms with Gasteiger partial charge in [0.1, 0.15) is 5.56 Å². The molecule has 0 radical (unpaired) electrons. The van der Waals surface area contributed by atoms with Crippen LogP contribution in [0.4, 0.5) is 11.4 Å². The highest BCUT2D eigenvalue weighted by Gasteiger charge is 2.17. The molecule has 1 aromatic carbocycles. The van der Waals surface area contributed by atoms with Crippen molar-refractivity contribution in [3.8, 4) is 5.88 Å². The minimum absolute atomic E-state index is 0.220. The van der Waals surface area contributed by atoms with Crippen molar-refractivity contribution < 1.29 is 9.53 Å². The number of hydrogen-bond donors (Lipinski definition) is 1. The Bertz CT molecular complexity index is 770. The molecule has 1 fully saturated rings. The number of piperazine rings is 1. The van der Waals surface area contributed by atoms with Gasteiger partial charge in [-0.25, -0.2) is 4.98 Å². The smallest absolute Gasteiger partial charge is 0.261 e. The maximum absolute atomic E-state index is 12.6. The molecule has 26 heavy (non-hydrogen) atoms. The second-order valence-corrected chi connectivity index (χ2v) is 6.43. The van der Waals surface area contributed by atoms with E-state index in [4.69, 9.17) is 4.74 Å². The van der Waals surface area contributed by atoms with Crippen LogP contribution >= 0.6 is 0 Å². The molecule has 3 rings (SSSR count). The van der Waals surface area contributed by atoms with E-state index in [1.54, 1.807) is 18.3 Å². The highest BCUT2D eigenvalue weighted by atomic mass is 16.5. The number of carbonyl (C=O) groups excluding carboxylic acids is 1. The minimum atomic E-state index is -0.220. The third kappa shape index (κ3) is 3.96. The Hall–Kier alpha value is -2.60. The van der Waals surface area contributed by atoms with Crippen LogP contribution in [0.25, 0.3) is 0 Å². The number of likely N-dealkylation sites (N-methyl/N-ethyl adjacent to an activating group) is 1. The molecule has 6 heteroatoms. The maximum atomic E-state index is 12.6. The number of rotatable bonds is 5. The van der Waals surface area contributed by atoms with Crippen molar-refractivity contribution in [2.24, 2.45) is 0 Å². The van der Waals surface area contributed by atoms with Gasteiger partial charge < -0.3 is 19.9 Å². The zero-order valence-corrected chi connectivity index (χ0v) is 15.7. The van der Waals surface area contributed by atoms with Gasteiger partial charge in [0, 0.05) is 43.8 Å². The molecular weight excluding hydrogens is 328 g/mol. The van der Waals surface area contributed by atoms with Crippen molar-refractivity contribution in [3.63, 3.8) is 0 Å². The first kappa shape index (κ1) is 18.2. The Morgan fingerprint density at radius 1 is 1.23 bits per heavy atom. The van der Waals surface area contributed by atoms with Gasteiger partial charge >= 0.3 is 0 Å². The molecule has 0 unspecified atom stereocenters. The SMILES string of the molecule is CCN1CCN(c2ccc(NC(=O)c3cccnc3OC)c(C)c2)CC1. The molecule has 1 aromatic heterocycles. The molecule has 2 aromatic rings. The molecule has 6 nitrogen and oxygen atoms in total. The van der Waals surface area contributed by atoms with Crippen LogP contribution in [-0.2, 0) is 0 Å². The number of anilines is 2. The van der Waals surface area contributed by atoms with Crippen LogP contribution < -0.4 is 15.0 Å². The van der Waals surface area contributed by atoms with Crippen molar-refractivity contribution >= 4 is 17.3 Å². The first-order valence-corrected chi connectivity index (χ1v) is 9.00. The van der Waals surface area contributed by atoms with Crippen LogP contribution in [0.2, 0.25) is 0 Å². The van der Waals surface area contributed by atoms with Gasteiger partial charge in [0.2, 0.25) is 5.88 Å². The molecule has 1 aliphatic rings. The summed E-state index contributed by atoms with van der Waals surface area (Å²) in [5, 5.41) is 2.96. The number of hydrogen-bond acceptors (Lipinski definition) is 5. The van der Waals surface area contributed by atoms with Crippen LogP contribution in [0, 0.1) is 6.92 Å². The zero-order chi connectivity index (χ0) is 18.5. The van der Waals surface area contributed by atoms with Crippen LogP contribution in [0.15, 0.2) is 36.5 Å². The Labute approximate surface area is 154 Å². The summed E-state index contributed by atoms with van der Waals surface area (Å²) in [6, 6.07) is 9.61. The third-order valence-corrected chi connectivity index (χ3v) is 4.85. The summed E-state index contributed by atoms with van der Waals surface area (Å²) in [4.78, 5) is 21.5. The average molecular weight is 354 g/mol. The molecular formula is C20H26N4O2. The van der Waals surface area contributed by atoms with Crippen LogP contribution in [0.1, 0.15) is 22.8 Å². The number of ether oxygens (including phenoxy) is 1. The topological polar surface area (TPSA) is 57.7 Å². The lowest BCUT2D eigenvalue weighted by molar-refractivity contribution is 0.102. The highest BCUT2D eigenvalue weighted by Crippen LogP contribution is 2.25. The molecule has 138 valence electrons. The van der Waals surface area contributed by atoms with E-state index in [1.807, 2.05) is 13.0 Å². The average Bonchev–Trinajstić information content (AvgIpc) is 2.69. The summed E-state index contributed by atoms with van der Waals surface area (Å²) in [5.41, 5.74) is 3.47. The quantitative estimate of drug-likeness (QED) is 0.895. The Morgan fingerprint density at radius 3 is 2.65 bits per heavy atom. The van der Waals surface area contributed by atoms with E-state index >= 15 is 0 Å². The second-order valence-electron chi connectivity index (χ2n) is 6.43. The van der Waals surface area contributed by atoms with Crippen molar-refractivity contribution in [2.75, 3.05) is 50.1 Å². The first-order valence-electron chi connectivity index (χ1n) is 9.00. The molecule has 0 saturated carbocycles. The summed E-state index contributed by atoms with van der Waals surface area (Å²) >= 11 is 0. The highest BCUT2D eigenvalue weighted by molar-refractivity contribution is 6.06. The number of pyridine rings is 1. The van der Waals surface area contributed by atoms with Crippen molar-refractivity contribution in [1.82, 2.24) is 9.88 Å². The molecule has 1 amide bonds. The fourth-order valence-corrected chi connectivity index (χ4v) is 3.22. The van der Waals surface area contributed by atoms with Gasteiger partial charge in [-0.2, -0.15) is 0 Å². The van der Waals surface area contributed by atoms with E-state index in [1.165, 1.54) is 12.8 Å². The Balaban J connectivity index is 1.71. The molecule has 1 N–H and O–H groups in total. The number of aromatic nitrogens is 1. The van der Waals surface area contributed by atoms with Gasteiger partial charge in [0.05, 0.1) is 7.11 Å². The summed E-state index contributed by atoms with van der Waals surface area (Å²) in [6.45, 7) is 9.58. The van der Waals surface area contributed by atoms with Gasteiger partial charge in [-0.1, -0.05) is 6.92 Å². The minimum Gasteiger partial charge on any atom is -0.480 e. The van der Waals surface area contributed by atoms with Crippen molar-refractivity contribution in [2.45, 2.75) is 13.8 Å². The molecule has 1 saturated heterocycles. The van der Waals surface area contributed by atoms with Gasteiger partial charge in [-0.05, 0) is 49.4 Å². The predicted octanol–water partition coefficient (Wildman–Crippen LogP) is 2.79. The summed E-state index contributed by atoms with van der Waals surface area (Å²) < 4.78 is 5.17. The summed E-state index contributed by atoms with van der Waals surface area (Å²) in [7, 11) is 1.51. The Morgan fingerprint density at radius 2 is 2.00 bits per heavy atom. The van der Waals surface area contributed by atoms with Crippen LogP contribution in [0.3, 0.4) is 0 Å². The lowest BCUT2D eigenvalue weighted by atomic mass is 10.1. The number of benzene rings is 1.